The highest BCUT2D eigenvalue weighted by Gasteiger charge is 2.25. The lowest BCUT2D eigenvalue weighted by atomic mass is 10.1. The number of imidazole rings is 1. The fourth-order valence-corrected chi connectivity index (χ4v) is 3.03. The van der Waals surface area contributed by atoms with Gasteiger partial charge in [0.15, 0.2) is 0 Å². The highest BCUT2D eigenvalue weighted by Crippen LogP contribution is 2.31. The molecule has 0 unspecified atom stereocenters. The summed E-state index contributed by atoms with van der Waals surface area (Å²) in [7, 11) is 1.63. The molecule has 3 heterocycles. The zero-order valence-corrected chi connectivity index (χ0v) is 14.1. The van der Waals surface area contributed by atoms with E-state index in [9.17, 15) is 13.6 Å². The molecule has 0 amide bonds. The van der Waals surface area contributed by atoms with Crippen LogP contribution in [0.1, 0.15) is 12.5 Å². The summed E-state index contributed by atoms with van der Waals surface area (Å²) in [5, 5.41) is 3.42. The van der Waals surface area contributed by atoms with Gasteiger partial charge < -0.3 is 5.32 Å². The summed E-state index contributed by atoms with van der Waals surface area (Å²) in [6, 6.07) is 9.47. The van der Waals surface area contributed by atoms with E-state index in [1.54, 1.807) is 48.1 Å². The number of nitrogens with one attached hydrogen (secondary N) is 1. The molecule has 4 rings (SSSR count). The van der Waals surface area contributed by atoms with Crippen molar-refractivity contribution in [1.82, 2.24) is 18.9 Å². The standard InChI is InChI=1S/C18H15F2N5O/c1-18(19,20)11-6-7-12-13(10-11)25(17(26)23-16(12)21-2)15-5-3-4-14-22-8-9-24(14)15/h3-10H,1-2H3,(H,21,23,26). The van der Waals surface area contributed by atoms with Gasteiger partial charge in [-0.15, -0.1) is 0 Å². The van der Waals surface area contributed by atoms with Crippen molar-refractivity contribution in [2.75, 3.05) is 12.4 Å². The maximum absolute atomic E-state index is 13.9. The molecule has 4 aromatic rings. The van der Waals surface area contributed by atoms with Gasteiger partial charge in [0.05, 0.1) is 5.52 Å². The molecular formula is C18H15F2N5O. The molecule has 0 aliphatic rings. The minimum Gasteiger partial charge on any atom is -0.372 e. The molecule has 0 fully saturated rings. The maximum Gasteiger partial charge on any atom is 0.355 e. The fourth-order valence-electron chi connectivity index (χ4n) is 3.03. The van der Waals surface area contributed by atoms with E-state index in [4.69, 9.17) is 0 Å². The van der Waals surface area contributed by atoms with E-state index < -0.39 is 11.6 Å². The van der Waals surface area contributed by atoms with E-state index in [0.29, 0.717) is 28.2 Å². The Morgan fingerprint density at radius 2 is 2.00 bits per heavy atom. The highest BCUT2D eigenvalue weighted by atomic mass is 19.3. The molecule has 0 atom stereocenters. The summed E-state index contributed by atoms with van der Waals surface area (Å²) in [6.45, 7) is 0.827. The molecule has 3 aromatic heterocycles. The molecule has 0 bridgehead atoms. The van der Waals surface area contributed by atoms with Crippen molar-refractivity contribution in [2.24, 2.45) is 0 Å². The summed E-state index contributed by atoms with van der Waals surface area (Å²) < 4.78 is 30.8. The number of benzene rings is 1. The third kappa shape index (κ3) is 2.42. The van der Waals surface area contributed by atoms with Crippen molar-refractivity contribution in [3.05, 3.63) is 64.8 Å². The predicted octanol–water partition coefficient (Wildman–Crippen LogP) is 3.19. The number of pyridine rings is 1. The summed E-state index contributed by atoms with van der Waals surface area (Å²) in [5.41, 5.74) is 0.232. The molecule has 6 nitrogen and oxygen atoms in total. The van der Waals surface area contributed by atoms with E-state index in [1.165, 1.54) is 16.7 Å². The number of anilines is 1. The van der Waals surface area contributed by atoms with Crippen LogP contribution in [0, 0.1) is 0 Å². The highest BCUT2D eigenvalue weighted by molar-refractivity contribution is 5.90. The molecular weight excluding hydrogens is 340 g/mol. The first-order valence-corrected chi connectivity index (χ1v) is 7.95. The lowest BCUT2D eigenvalue weighted by Crippen LogP contribution is -2.25. The van der Waals surface area contributed by atoms with Gasteiger partial charge in [0, 0.05) is 37.3 Å². The first kappa shape index (κ1) is 16.2. The first-order chi connectivity index (χ1) is 12.4. The van der Waals surface area contributed by atoms with Crippen LogP contribution < -0.4 is 11.0 Å². The summed E-state index contributed by atoms with van der Waals surface area (Å²) >= 11 is 0. The van der Waals surface area contributed by atoms with Crippen LogP contribution in [0.25, 0.3) is 22.4 Å². The molecule has 0 radical (unpaired) electrons. The SMILES string of the molecule is CNc1nc(=O)n(-c2cccc3nccn23)c2cc(C(C)(F)F)ccc12. The van der Waals surface area contributed by atoms with Crippen LogP contribution in [0.3, 0.4) is 0 Å². The smallest absolute Gasteiger partial charge is 0.355 e. The Morgan fingerprint density at radius 3 is 2.73 bits per heavy atom. The van der Waals surface area contributed by atoms with E-state index in [0.717, 1.165) is 6.92 Å². The summed E-state index contributed by atoms with van der Waals surface area (Å²) in [4.78, 5) is 21.0. The maximum atomic E-state index is 13.9. The predicted molar refractivity (Wildman–Crippen MR) is 95.2 cm³/mol. The molecule has 0 aliphatic carbocycles. The van der Waals surface area contributed by atoms with Crippen LogP contribution in [0.2, 0.25) is 0 Å². The van der Waals surface area contributed by atoms with Crippen LogP contribution in [-0.2, 0) is 5.92 Å². The zero-order chi connectivity index (χ0) is 18.5. The number of halogens is 2. The van der Waals surface area contributed by atoms with E-state index >= 15 is 0 Å². The molecule has 0 saturated carbocycles. The van der Waals surface area contributed by atoms with Gasteiger partial charge in [-0.05, 0) is 24.3 Å². The molecule has 26 heavy (non-hydrogen) atoms. The topological polar surface area (TPSA) is 64.2 Å². The average Bonchev–Trinajstić information content (AvgIpc) is 3.09. The second-order valence-corrected chi connectivity index (χ2v) is 5.99. The third-order valence-electron chi connectivity index (χ3n) is 4.27. The van der Waals surface area contributed by atoms with Crippen LogP contribution in [-0.4, -0.2) is 26.0 Å². The summed E-state index contributed by atoms with van der Waals surface area (Å²) in [6.07, 6.45) is 3.31. The van der Waals surface area contributed by atoms with E-state index in [-0.39, 0.29) is 5.56 Å². The van der Waals surface area contributed by atoms with Gasteiger partial charge in [0.25, 0.3) is 5.92 Å². The number of hydrogen-bond acceptors (Lipinski definition) is 4. The molecule has 0 saturated heterocycles. The zero-order valence-electron chi connectivity index (χ0n) is 14.1. The van der Waals surface area contributed by atoms with Crippen LogP contribution in [0.15, 0.2) is 53.6 Å². The van der Waals surface area contributed by atoms with Crippen molar-refractivity contribution in [1.29, 1.82) is 0 Å². The Labute approximate surface area is 146 Å². The largest absolute Gasteiger partial charge is 0.372 e. The molecule has 0 aliphatic heterocycles. The van der Waals surface area contributed by atoms with Gasteiger partial charge in [-0.1, -0.05) is 12.1 Å². The quantitative estimate of drug-likeness (QED) is 0.613. The number of nitrogens with zero attached hydrogens (tertiary/aromatic N) is 4. The van der Waals surface area contributed by atoms with Crippen LogP contribution in [0.5, 0.6) is 0 Å². The Morgan fingerprint density at radius 1 is 1.19 bits per heavy atom. The monoisotopic (exact) mass is 355 g/mol. The Kier molecular flexibility index (Phi) is 3.50. The minimum atomic E-state index is -3.03. The van der Waals surface area contributed by atoms with Gasteiger partial charge in [0.2, 0.25) is 0 Å². The average molecular weight is 355 g/mol. The number of aromatic nitrogens is 4. The van der Waals surface area contributed by atoms with Gasteiger partial charge in [-0.2, -0.15) is 4.98 Å². The van der Waals surface area contributed by atoms with Gasteiger partial charge >= 0.3 is 5.69 Å². The van der Waals surface area contributed by atoms with Crippen molar-refractivity contribution in [2.45, 2.75) is 12.8 Å². The van der Waals surface area contributed by atoms with Gasteiger partial charge in [-0.25, -0.2) is 23.1 Å². The summed E-state index contributed by atoms with van der Waals surface area (Å²) in [5.74, 6) is -2.22. The van der Waals surface area contributed by atoms with Gasteiger partial charge in [-0.3, -0.25) is 4.40 Å². The fraction of sp³-hybridized carbons (Fsp3) is 0.167. The van der Waals surface area contributed by atoms with E-state index in [1.807, 2.05) is 0 Å². The number of alkyl halides is 2. The van der Waals surface area contributed by atoms with Crippen molar-refractivity contribution >= 4 is 22.4 Å². The Bertz CT molecular complexity index is 1190. The second kappa shape index (κ2) is 5.62. The Hall–Kier alpha value is -3.29. The molecule has 1 N–H and O–H groups in total. The lowest BCUT2D eigenvalue weighted by Gasteiger charge is -2.17. The number of rotatable bonds is 3. The van der Waals surface area contributed by atoms with Crippen LogP contribution >= 0.6 is 0 Å². The number of fused-ring (bicyclic) bond motifs is 2. The first-order valence-electron chi connectivity index (χ1n) is 7.95. The minimum absolute atomic E-state index is 0.177. The van der Waals surface area contributed by atoms with Crippen molar-refractivity contribution in [3.8, 4) is 5.82 Å². The van der Waals surface area contributed by atoms with E-state index in [2.05, 4.69) is 15.3 Å². The Balaban J connectivity index is 2.16. The lowest BCUT2D eigenvalue weighted by molar-refractivity contribution is 0.0176. The third-order valence-corrected chi connectivity index (χ3v) is 4.27. The number of hydrogen-bond donors (Lipinski definition) is 1. The molecule has 8 heteroatoms. The van der Waals surface area contributed by atoms with Crippen molar-refractivity contribution in [3.63, 3.8) is 0 Å². The van der Waals surface area contributed by atoms with Crippen LogP contribution in [0.4, 0.5) is 14.6 Å². The second-order valence-electron chi connectivity index (χ2n) is 5.99. The molecule has 1 aromatic carbocycles. The van der Waals surface area contributed by atoms with Crippen molar-refractivity contribution < 1.29 is 8.78 Å². The van der Waals surface area contributed by atoms with Gasteiger partial charge in [0.1, 0.15) is 17.3 Å². The molecule has 0 spiro atoms. The molecule has 132 valence electrons. The normalized spacial score (nSPS) is 12.0.